The highest BCUT2D eigenvalue weighted by Crippen LogP contribution is 2.27. The van der Waals surface area contributed by atoms with Gasteiger partial charge in [-0.25, -0.2) is 0 Å². The van der Waals surface area contributed by atoms with Gasteiger partial charge >= 0.3 is 6.36 Å². The van der Waals surface area contributed by atoms with Crippen LogP contribution in [0, 0.1) is 0 Å². The first-order valence-corrected chi connectivity index (χ1v) is 9.21. The van der Waals surface area contributed by atoms with Crippen LogP contribution in [0.4, 0.5) is 24.5 Å². The third-order valence-electron chi connectivity index (χ3n) is 4.68. The Labute approximate surface area is 166 Å². The van der Waals surface area contributed by atoms with Crippen molar-refractivity contribution in [3.05, 3.63) is 48.5 Å². The van der Waals surface area contributed by atoms with Gasteiger partial charge in [0.2, 0.25) is 0 Å². The number of nitrogens with zero attached hydrogens (tertiary/aromatic N) is 1. The SMILES string of the molecule is COc1ccccc1N1CC[NH+](CC(=O)Nc2ccc(OC(F)(F)F)cc2)CC1. The van der Waals surface area contributed by atoms with Gasteiger partial charge in [0.05, 0.1) is 39.0 Å². The molecule has 0 radical (unpaired) electrons. The summed E-state index contributed by atoms with van der Waals surface area (Å²) in [6.07, 6.45) is -4.74. The molecule has 1 saturated heterocycles. The van der Waals surface area contributed by atoms with Gasteiger partial charge in [-0.05, 0) is 36.4 Å². The van der Waals surface area contributed by atoms with Crippen molar-refractivity contribution >= 4 is 17.3 Å². The lowest BCUT2D eigenvalue weighted by Crippen LogP contribution is -3.15. The Hall–Kier alpha value is -2.94. The van der Waals surface area contributed by atoms with Gasteiger partial charge in [0.25, 0.3) is 5.91 Å². The third kappa shape index (κ3) is 6.02. The summed E-state index contributed by atoms with van der Waals surface area (Å²) in [5, 5.41) is 2.71. The van der Waals surface area contributed by atoms with Crippen LogP contribution in [0.1, 0.15) is 0 Å². The minimum atomic E-state index is -4.74. The molecule has 0 aliphatic carbocycles. The van der Waals surface area contributed by atoms with E-state index >= 15 is 0 Å². The van der Waals surface area contributed by atoms with E-state index in [4.69, 9.17) is 4.74 Å². The summed E-state index contributed by atoms with van der Waals surface area (Å²) < 4.78 is 45.8. The van der Waals surface area contributed by atoms with Crippen molar-refractivity contribution < 1.29 is 32.3 Å². The number of hydrogen-bond acceptors (Lipinski definition) is 4. The average molecular weight is 410 g/mol. The van der Waals surface area contributed by atoms with Crippen LogP contribution in [0.15, 0.2) is 48.5 Å². The Balaban J connectivity index is 1.47. The fourth-order valence-electron chi connectivity index (χ4n) is 3.30. The highest BCUT2D eigenvalue weighted by molar-refractivity contribution is 5.91. The summed E-state index contributed by atoms with van der Waals surface area (Å²) in [7, 11) is 1.65. The number of carbonyl (C=O) groups is 1. The van der Waals surface area contributed by atoms with E-state index in [1.165, 1.54) is 24.3 Å². The minimum absolute atomic E-state index is 0.185. The fraction of sp³-hybridized carbons (Fsp3) is 0.350. The first kappa shape index (κ1) is 20.8. The first-order chi connectivity index (χ1) is 13.8. The molecule has 3 rings (SSSR count). The molecule has 1 aliphatic rings. The number of benzene rings is 2. The van der Waals surface area contributed by atoms with Crippen molar-refractivity contribution in [2.45, 2.75) is 6.36 Å². The third-order valence-corrected chi connectivity index (χ3v) is 4.68. The molecule has 29 heavy (non-hydrogen) atoms. The summed E-state index contributed by atoms with van der Waals surface area (Å²) in [4.78, 5) is 15.6. The van der Waals surface area contributed by atoms with Crippen molar-refractivity contribution in [3.8, 4) is 11.5 Å². The number of quaternary nitrogens is 1. The summed E-state index contributed by atoms with van der Waals surface area (Å²) in [5.74, 6) is 0.315. The van der Waals surface area contributed by atoms with Crippen molar-refractivity contribution in [1.29, 1.82) is 0 Å². The molecule has 6 nitrogen and oxygen atoms in total. The van der Waals surface area contributed by atoms with Crippen molar-refractivity contribution in [2.75, 3.05) is 50.1 Å². The topological polar surface area (TPSA) is 55.2 Å². The van der Waals surface area contributed by atoms with Gasteiger partial charge in [-0.15, -0.1) is 13.2 Å². The summed E-state index contributed by atoms with van der Waals surface area (Å²) in [6.45, 7) is 3.48. The number of piperazine rings is 1. The van der Waals surface area contributed by atoms with Gasteiger partial charge in [-0.2, -0.15) is 0 Å². The van der Waals surface area contributed by atoms with Crippen LogP contribution < -0.4 is 24.6 Å². The Kier molecular flexibility index (Phi) is 6.48. The van der Waals surface area contributed by atoms with E-state index in [-0.39, 0.29) is 11.7 Å². The Bertz CT molecular complexity index is 820. The predicted molar refractivity (Wildman–Crippen MR) is 103 cm³/mol. The van der Waals surface area contributed by atoms with Crippen LogP contribution in [0.2, 0.25) is 0 Å². The van der Waals surface area contributed by atoms with Crippen LogP contribution in [0.5, 0.6) is 11.5 Å². The van der Waals surface area contributed by atoms with Crippen molar-refractivity contribution in [1.82, 2.24) is 0 Å². The average Bonchev–Trinajstić information content (AvgIpc) is 2.69. The second kappa shape index (κ2) is 9.04. The molecule has 1 fully saturated rings. The number of rotatable bonds is 6. The number of ether oxygens (including phenoxy) is 2. The van der Waals surface area contributed by atoms with E-state index < -0.39 is 6.36 Å². The van der Waals surface area contributed by atoms with Gasteiger partial charge in [0.15, 0.2) is 6.54 Å². The normalized spacial score (nSPS) is 15.1. The fourth-order valence-corrected chi connectivity index (χ4v) is 3.30. The smallest absolute Gasteiger partial charge is 0.495 e. The first-order valence-electron chi connectivity index (χ1n) is 9.21. The van der Waals surface area contributed by atoms with Gasteiger partial charge < -0.3 is 24.6 Å². The van der Waals surface area contributed by atoms with Gasteiger partial charge in [-0.1, -0.05) is 12.1 Å². The summed E-state index contributed by atoms with van der Waals surface area (Å²) >= 11 is 0. The molecule has 1 amide bonds. The zero-order valence-corrected chi connectivity index (χ0v) is 16.0. The molecule has 0 aromatic heterocycles. The zero-order chi connectivity index (χ0) is 20.9. The molecule has 0 unspecified atom stereocenters. The molecule has 1 heterocycles. The molecule has 0 saturated carbocycles. The maximum Gasteiger partial charge on any atom is 0.573 e. The van der Waals surface area contributed by atoms with E-state index in [0.29, 0.717) is 12.2 Å². The van der Waals surface area contributed by atoms with Crippen LogP contribution in [-0.2, 0) is 4.79 Å². The van der Waals surface area contributed by atoms with E-state index in [1.807, 2.05) is 24.3 Å². The molecule has 1 aliphatic heterocycles. The van der Waals surface area contributed by atoms with Gasteiger partial charge in [0, 0.05) is 5.69 Å². The Morgan fingerprint density at radius 3 is 2.38 bits per heavy atom. The van der Waals surface area contributed by atoms with E-state index in [0.717, 1.165) is 42.5 Å². The summed E-state index contributed by atoms with van der Waals surface area (Å²) in [5.41, 5.74) is 1.47. The van der Waals surface area contributed by atoms with Crippen LogP contribution in [-0.4, -0.2) is 52.1 Å². The number of methoxy groups -OCH3 is 1. The molecule has 156 valence electrons. The lowest BCUT2D eigenvalue weighted by molar-refractivity contribution is -0.892. The van der Waals surface area contributed by atoms with Gasteiger partial charge in [0.1, 0.15) is 11.5 Å². The molecule has 0 bridgehead atoms. The quantitative estimate of drug-likeness (QED) is 0.765. The second-order valence-electron chi connectivity index (χ2n) is 6.71. The highest BCUT2D eigenvalue weighted by atomic mass is 19.4. The van der Waals surface area contributed by atoms with Gasteiger partial charge in [-0.3, -0.25) is 4.79 Å². The second-order valence-corrected chi connectivity index (χ2v) is 6.71. The molecule has 2 aromatic carbocycles. The standard InChI is InChI=1S/C20H22F3N3O3/c1-28-18-5-3-2-4-17(18)26-12-10-25(11-13-26)14-19(27)24-15-6-8-16(9-7-15)29-20(21,22)23/h2-9H,10-14H2,1H3,(H,24,27)/p+1. The highest BCUT2D eigenvalue weighted by Gasteiger charge is 2.31. The molecular weight excluding hydrogens is 387 g/mol. The number of amides is 1. The lowest BCUT2D eigenvalue weighted by Gasteiger charge is -2.34. The maximum atomic E-state index is 12.3. The largest absolute Gasteiger partial charge is 0.573 e. The number of carbonyl (C=O) groups excluding carboxylic acids is 1. The molecule has 2 aromatic rings. The molecule has 0 atom stereocenters. The predicted octanol–water partition coefficient (Wildman–Crippen LogP) is 1.94. The van der Waals surface area contributed by atoms with Crippen molar-refractivity contribution in [2.24, 2.45) is 0 Å². The van der Waals surface area contributed by atoms with Crippen LogP contribution in [0.3, 0.4) is 0 Å². The molecule has 9 heteroatoms. The Morgan fingerprint density at radius 1 is 1.10 bits per heavy atom. The zero-order valence-electron chi connectivity index (χ0n) is 16.0. The summed E-state index contributed by atoms with van der Waals surface area (Å²) in [6, 6.07) is 12.9. The van der Waals surface area contributed by atoms with E-state index in [2.05, 4.69) is 15.0 Å². The van der Waals surface area contributed by atoms with E-state index in [1.54, 1.807) is 7.11 Å². The number of alkyl halides is 3. The molecular formula is C20H23F3N3O3+. The lowest BCUT2D eigenvalue weighted by atomic mass is 10.2. The van der Waals surface area contributed by atoms with Crippen molar-refractivity contribution in [3.63, 3.8) is 0 Å². The van der Waals surface area contributed by atoms with E-state index in [9.17, 15) is 18.0 Å². The molecule has 0 spiro atoms. The number of para-hydroxylation sites is 2. The monoisotopic (exact) mass is 410 g/mol. The Morgan fingerprint density at radius 2 is 1.76 bits per heavy atom. The van der Waals surface area contributed by atoms with Crippen LogP contribution in [0.25, 0.3) is 0 Å². The van der Waals surface area contributed by atoms with Crippen LogP contribution >= 0.6 is 0 Å². The minimum Gasteiger partial charge on any atom is -0.495 e. The number of nitrogens with one attached hydrogen (secondary N) is 2. The number of anilines is 2. The number of halogens is 3. The number of hydrogen-bond donors (Lipinski definition) is 2. The maximum absolute atomic E-state index is 12.3. The molecule has 2 N–H and O–H groups in total.